The molecule has 4 rings (SSSR count). The molecule has 0 aromatic heterocycles. The van der Waals surface area contributed by atoms with Gasteiger partial charge in [-0.1, -0.05) is 60.7 Å². The fraction of sp³-hybridized carbons (Fsp3) is 0.143. The van der Waals surface area contributed by atoms with Gasteiger partial charge in [-0.15, -0.1) is 0 Å². The van der Waals surface area contributed by atoms with E-state index in [9.17, 15) is 9.59 Å². The maximum absolute atomic E-state index is 12.2. The topological polar surface area (TPSA) is 101 Å². The van der Waals surface area contributed by atoms with E-state index in [0.29, 0.717) is 11.5 Å². The summed E-state index contributed by atoms with van der Waals surface area (Å²) < 4.78 is 10.8. The lowest BCUT2D eigenvalue weighted by atomic mass is 10.0. The molecule has 2 N–H and O–H groups in total. The number of fused-ring (bicyclic) bond motifs is 2. The second-order valence-electron chi connectivity index (χ2n) is 7.89. The van der Waals surface area contributed by atoms with Crippen molar-refractivity contribution in [2.75, 3.05) is 14.2 Å². The van der Waals surface area contributed by atoms with Crippen LogP contribution in [-0.2, 0) is 9.59 Å². The van der Waals surface area contributed by atoms with Gasteiger partial charge in [0.15, 0.2) is 0 Å². The molecular weight excluding hydrogens is 456 g/mol. The Hall–Kier alpha value is -4.72. The summed E-state index contributed by atoms with van der Waals surface area (Å²) in [7, 11) is 3.16. The van der Waals surface area contributed by atoms with Crippen LogP contribution >= 0.6 is 0 Å². The van der Waals surface area contributed by atoms with Crippen molar-refractivity contribution in [2.24, 2.45) is 10.2 Å². The first-order chi connectivity index (χ1) is 17.6. The Bertz CT molecular complexity index is 1350. The zero-order valence-corrected chi connectivity index (χ0v) is 20.0. The van der Waals surface area contributed by atoms with Crippen molar-refractivity contribution in [2.45, 2.75) is 12.8 Å². The number of nitrogens with zero attached hydrogens (tertiary/aromatic N) is 2. The molecule has 0 aliphatic rings. The van der Waals surface area contributed by atoms with Crippen molar-refractivity contribution in [3.63, 3.8) is 0 Å². The van der Waals surface area contributed by atoms with Gasteiger partial charge in [0.25, 0.3) is 0 Å². The van der Waals surface area contributed by atoms with Crippen LogP contribution in [0.3, 0.4) is 0 Å². The summed E-state index contributed by atoms with van der Waals surface area (Å²) in [6.45, 7) is 0. The fourth-order valence-corrected chi connectivity index (χ4v) is 3.85. The minimum Gasteiger partial charge on any atom is -0.496 e. The van der Waals surface area contributed by atoms with Gasteiger partial charge in [0.1, 0.15) is 11.5 Å². The largest absolute Gasteiger partial charge is 0.496 e. The molecule has 0 fully saturated rings. The zero-order chi connectivity index (χ0) is 25.3. The Kier molecular flexibility index (Phi) is 7.87. The fourth-order valence-electron chi connectivity index (χ4n) is 3.85. The van der Waals surface area contributed by atoms with Gasteiger partial charge in [-0.05, 0) is 33.7 Å². The lowest BCUT2D eigenvalue weighted by Crippen LogP contribution is -2.23. The van der Waals surface area contributed by atoms with Crippen molar-refractivity contribution < 1.29 is 19.1 Å². The normalized spacial score (nSPS) is 11.3. The van der Waals surface area contributed by atoms with Crippen LogP contribution < -0.4 is 20.3 Å². The SMILES string of the molecule is COc1ccc2ccccc2c1C=NNC(=O)CCC(=O)NN=Cc1c(OC)ccc2ccccc12. The van der Waals surface area contributed by atoms with Gasteiger partial charge in [0, 0.05) is 24.0 Å². The molecule has 0 aliphatic heterocycles. The van der Waals surface area contributed by atoms with Gasteiger partial charge in [-0.25, -0.2) is 10.9 Å². The highest BCUT2D eigenvalue weighted by Crippen LogP contribution is 2.27. The van der Waals surface area contributed by atoms with E-state index in [2.05, 4.69) is 21.1 Å². The van der Waals surface area contributed by atoms with Crippen LogP contribution in [0.4, 0.5) is 0 Å². The number of benzene rings is 4. The number of methoxy groups -OCH3 is 2. The second kappa shape index (κ2) is 11.6. The number of nitrogens with one attached hydrogen (secondary N) is 2. The van der Waals surface area contributed by atoms with Crippen molar-refractivity contribution in [3.05, 3.63) is 83.9 Å². The van der Waals surface area contributed by atoms with Crippen molar-refractivity contribution in [3.8, 4) is 11.5 Å². The highest BCUT2D eigenvalue weighted by atomic mass is 16.5. The van der Waals surface area contributed by atoms with Gasteiger partial charge in [-0.2, -0.15) is 10.2 Å². The summed E-state index contributed by atoms with van der Waals surface area (Å²) in [6.07, 6.45) is 3.01. The van der Waals surface area contributed by atoms with Gasteiger partial charge in [0.2, 0.25) is 11.8 Å². The molecule has 0 spiro atoms. The van der Waals surface area contributed by atoms with Crippen LogP contribution in [0.25, 0.3) is 21.5 Å². The molecule has 4 aromatic rings. The van der Waals surface area contributed by atoms with Gasteiger partial charge >= 0.3 is 0 Å². The van der Waals surface area contributed by atoms with E-state index in [1.165, 1.54) is 0 Å². The van der Waals surface area contributed by atoms with Crippen LogP contribution in [0.1, 0.15) is 24.0 Å². The molecule has 0 bridgehead atoms. The first kappa shape index (κ1) is 24.4. The van der Waals surface area contributed by atoms with Gasteiger partial charge in [0.05, 0.1) is 26.6 Å². The molecule has 0 radical (unpaired) electrons. The maximum atomic E-state index is 12.2. The number of hydrazone groups is 2. The molecule has 8 heteroatoms. The predicted molar refractivity (Wildman–Crippen MR) is 142 cm³/mol. The van der Waals surface area contributed by atoms with Gasteiger partial charge in [-0.3, -0.25) is 9.59 Å². The lowest BCUT2D eigenvalue weighted by Gasteiger charge is -2.08. The first-order valence-corrected chi connectivity index (χ1v) is 11.4. The Morgan fingerprint density at radius 3 is 1.50 bits per heavy atom. The number of rotatable bonds is 9. The number of amides is 2. The molecule has 0 atom stereocenters. The Labute approximate surface area is 208 Å². The third-order valence-electron chi connectivity index (χ3n) is 5.65. The van der Waals surface area contributed by atoms with E-state index in [1.54, 1.807) is 26.6 Å². The summed E-state index contributed by atoms with van der Waals surface area (Å²) in [5, 5.41) is 12.1. The molecule has 8 nitrogen and oxygen atoms in total. The van der Waals surface area contributed by atoms with Crippen LogP contribution in [0.15, 0.2) is 83.0 Å². The predicted octanol–water partition coefficient (Wildman–Crippen LogP) is 4.39. The molecule has 0 heterocycles. The van der Waals surface area contributed by atoms with Gasteiger partial charge < -0.3 is 9.47 Å². The van der Waals surface area contributed by atoms with Crippen molar-refractivity contribution in [1.82, 2.24) is 10.9 Å². The average molecular weight is 483 g/mol. The van der Waals surface area contributed by atoms with E-state index in [-0.39, 0.29) is 24.7 Å². The third kappa shape index (κ3) is 5.67. The number of hydrogen-bond donors (Lipinski definition) is 2. The average Bonchev–Trinajstić information content (AvgIpc) is 2.92. The van der Waals surface area contributed by atoms with Crippen molar-refractivity contribution >= 4 is 45.8 Å². The second-order valence-corrected chi connectivity index (χ2v) is 7.89. The summed E-state index contributed by atoms with van der Waals surface area (Å²) in [4.78, 5) is 24.4. The minimum atomic E-state index is -0.389. The zero-order valence-electron chi connectivity index (χ0n) is 20.0. The molecular formula is C28H26N4O4. The molecule has 0 saturated heterocycles. The molecule has 0 saturated carbocycles. The summed E-state index contributed by atoms with van der Waals surface area (Å²) in [6, 6.07) is 23.3. The van der Waals surface area contributed by atoms with Crippen molar-refractivity contribution in [1.29, 1.82) is 0 Å². The van der Waals surface area contributed by atoms with E-state index in [0.717, 1.165) is 32.7 Å². The molecule has 4 aromatic carbocycles. The number of carbonyl (C=O) groups is 2. The van der Waals surface area contributed by atoms with E-state index in [4.69, 9.17) is 9.47 Å². The quantitative estimate of drug-likeness (QED) is 0.273. The maximum Gasteiger partial charge on any atom is 0.240 e. The Morgan fingerprint density at radius 1 is 0.667 bits per heavy atom. The summed E-state index contributed by atoms with van der Waals surface area (Å²) >= 11 is 0. The highest BCUT2D eigenvalue weighted by molar-refractivity contribution is 6.03. The summed E-state index contributed by atoms with van der Waals surface area (Å²) in [5.74, 6) is 0.513. The molecule has 2 amide bonds. The Balaban J connectivity index is 1.32. The van der Waals surface area contributed by atoms with Crippen LogP contribution in [0.5, 0.6) is 11.5 Å². The van der Waals surface area contributed by atoms with E-state index < -0.39 is 0 Å². The number of ether oxygens (including phenoxy) is 2. The van der Waals surface area contributed by atoms with Crippen LogP contribution in [0, 0.1) is 0 Å². The minimum absolute atomic E-state index is 0.0387. The van der Waals surface area contributed by atoms with Crippen LogP contribution in [-0.4, -0.2) is 38.5 Å². The third-order valence-corrected chi connectivity index (χ3v) is 5.65. The molecule has 0 aliphatic carbocycles. The summed E-state index contributed by atoms with van der Waals surface area (Å²) in [5.41, 5.74) is 6.43. The number of carbonyl (C=O) groups excluding carboxylic acids is 2. The standard InChI is InChI=1S/C28H26N4O4/c1-35-25-13-11-19-7-3-5-9-21(19)23(25)17-29-31-27(33)15-16-28(34)32-30-18-24-22-10-6-4-8-20(22)12-14-26(24)36-2/h3-14,17-18H,15-16H2,1-2H3,(H,31,33)(H,32,34). The van der Waals surface area contributed by atoms with Crippen LogP contribution in [0.2, 0.25) is 0 Å². The molecule has 182 valence electrons. The monoisotopic (exact) mass is 482 g/mol. The first-order valence-electron chi connectivity index (χ1n) is 11.4. The number of hydrogen-bond acceptors (Lipinski definition) is 6. The highest BCUT2D eigenvalue weighted by Gasteiger charge is 2.09. The molecule has 0 unspecified atom stereocenters. The molecule has 36 heavy (non-hydrogen) atoms. The smallest absolute Gasteiger partial charge is 0.240 e. The lowest BCUT2D eigenvalue weighted by molar-refractivity contribution is -0.126. The van der Waals surface area contributed by atoms with E-state index >= 15 is 0 Å². The Morgan fingerprint density at radius 2 is 1.08 bits per heavy atom. The van der Waals surface area contributed by atoms with E-state index in [1.807, 2.05) is 72.8 Å².